The number of rotatable bonds is 2. The number of carbonyl (C=O) groups is 1. The molecule has 15 heavy (non-hydrogen) atoms. The second-order valence-electron chi connectivity index (χ2n) is 2.50. The molecule has 0 aliphatic carbocycles. The summed E-state index contributed by atoms with van der Waals surface area (Å²) in [6, 6.07) is 0. The fourth-order valence-electron chi connectivity index (χ4n) is 0.966. The van der Waals surface area contributed by atoms with Gasteiger partial charge in [0.25, 0.3) is 0 Å². The van der Waals surface area contributed by atoms with E-state index in [-0.39, 0.29) is 20.9 Å². The summed E-state index contributed by atoms with van der Waals surface area (Å²) in [5, 5.41) is 2.97. The highest BCUT2D eigenvalue weighted by atomic mass is 35.5. The molecule has 0 aliphatic heterocycles. The van der Waals surface area contributed by atoms with Gasteiger partial charge in [-0.1, -0.05) is 34.8 Å². The Labute approximate surface area is 101 Å². The summed E-state index contributed by atoms with van der Waals surface area (Å²) in [6.45, 7) is 0. The van der Waals surface area contributed by atoms with Gasteiger partial charge in [0.1, 0.15) is 5.02 Å². The number of halogens is 3. The van der Waals surface area contributed by atoms with Crippen LogP contribution in [-0.2, 0) is 4.74 Å². The Morgan fingerprint density at radius 3 is 2.40 bits per heavy atom. The zero-order valence-electron chi connectivity index (χ0n) is 7.90. The van der Waals surface area contributed by atoms with Crippen LogP contribution < -0.4 is 5.32 Å². The van der Waals surface area contributed by atoms with Crippen molar-refractivity contribution in [1.29, 1.82) is 0 Å². The Bertz CT molecular complexity index is 409. The van der Waals surface area contributed by atoms with E-state index in [2.05, 4.69) is 15.0 Å². The number of carbonyl (C=O) groups excluding carboxylic acids is 1. The third-order valence-corrected chi connectivity index (χ3v) is 2.77. The Balaban J connectivity index is 3.43. The number of esters is 1. The summed E-state index contributed by atoms with van der Waals surface area (Å²) in [5.74, 6) is -0.671. The fourth-order valence-corrected chi connectivity index (χ4v) is 1.73. The second kappa shape index (κ2) is 4.88. The van der Waals surface area contributed by atoms with Crippen LogP contribution in [0.1, 0.15) is 10.5 Å². The van der Waals surface area contributed by atoms with Gasteiger partial charge >= 0.3 is 5.97 Å². The lowest BCUT2D eigenvalue weighted by Gasteiger charge is -2.10. The largest absolute Gasteiger partial charge is 0.464 e. The number of pyridine rings is 1. The van der Waals surface area contributed by atoms with Crippen LogP contribution in [0.5, 0.6) is 0 Å². The summed E-state index contributed by atoms with van der Waals surface area (Å²) in [7, 11) is 2.83. The monoisotopic (exact) mass is 268 g/mol. The quantitative estimate of drug-likeness (QED) is 0.662. The van der Waals surface area contributed by atoms with Crippen LogP contribution in [0.3, 0.4) is 0 Å². The molecule has 0 amide bonds. The normalized spacial score (nSPS) is 9.93. The van der Waals surface area contributed by atoms with Gasteiger partial charge in [0, 0.05) is 7.05 Å². The second-order valence-corrected chi connectivity index (χ2v) is 3.61. The van der Waals surface area contributed by atoms with E-state index in [4.69, 9.17) is 34.8 Å². The number of hydrogen-bond acceptors (Lipinski definition) is 4. The lowest BCUT2D eigenvalue weighted by Crippen LogP contribution is -2.07. The topological polar surface area (TPSA) is 51.2 Å². The molecule has 1 N–H and O–H groups in total. The first-order valence-electron chi connectivity index (χ1n) is 3.83. The molecule has 0 aromatic carbocycles. The third-order valence-electron chi connectivity index (χ3n) is 1.67. The van der Waals surface area contributed by atoms with Gasteiger partial charge < -0.3 is 10.1 Å². The number of aromatic nitrogens is 1. The standard InChI is InChI=1S/C8H7Cl3N2O2/c1-12-5-3(9)6(8(14)15-2)13-7(11)4(5)10/h1-2H3,(H,12,13). The van der Waals surface area contributed by atoms with Crippen molar-refractivity contribution in [2.45, 2.75) is 0 Å². The van der Waals surface area contributed by atoms with Gasteiger partial charge in [-0.25, -0.2) is 9.78 Å². The molecule has 0 saturated heterocycles. The summed E-state index contributed by atoms with van der Waals surface area (Å²) >= 11 is 17.4. The molecule has 4 nitrogen and oxygen atoms in total. The first-order chi connectivity index (χ1) is 7.02. The SMILES string of the molecule is CNc1c(Cl)c(Cl)nc(C(=O)OC)c1Cl. The molecule has 0 fully saturated rings. The Morgan fingerprint density at radius 1 is 1.33 bits per heavy atom. The molecular formula is C8H7Cl3N2O2. The van der Waals surface area contributed by atoms with Crippen LogP contribution in [-0.4, -0.2) is 25.1 Å². The molecule has 0 spiro atoms. The van der Waals surface area contributed by atoms with Crippen LogP contribution in [0.15, 0.2) is 0 Å². The molecule has 0 aliphatic rings. The lowest BCUT2D eigenvalue weighted by molar-refractivity contribution is 0.0594. The number of methoxy groups -OCH3 is 1. The predicted molar refractivity (Wildman–Crippen MR) is 60.2 cm³/mol. The van der Waals surface area contributed by atoms with Crippen LogP contribution >= 0.6 is 34.8 Å². The maximum absolute atomic E-state index is 11.3. The van der Waals surface area contributed by atoms with Crippen molar-refractivity contribution in [2.24, 2.45) is 0 Å². The third kappa shape index (κ3) is 2.27. The highest BCUT2D eigenvalue weighted by Crippen LogP contribution is 2.36. The van der Waals surface area contributed by atoms with E-state index in [9.17, 15) is 4.79 Å². The Morgan fingerprint density at radius 2 is 1.93 bits per heavy atom. The predicted octanol–water partition coefficient (Wildman–Crippen LogP) is 2.87. The molecule has 0 atom stereocenters. The highest BCUT2D eigenvalue weighted by Gasteiger charge is 2.20. The zero-order valence-corrected chi connectivity index (χ0v) is 10.2. The van der Waals surface area contributed by atoms with E-state index >= 15 is 0 Å². The number of anilines is 1. The van der Waals surface area contributed by atoms with Crippen LogP contribution in [0.25, 0.3) is 0 Å². The van der Waals surface area contributed by atoms with E-state index in [1.54, 1.807) is 7.05 Å². The van der Waals surface area contributed by atoms with Gasteiger partial charge in [0.05, 0.1) is 17.8 Å². The van der Waals surface area contributed by atoms with E-state index in [0.29, 0.717) is 5.69 Å². The molecular weight excluding hydrogens is 262 g/mol. The molecule has 82 valence electrons. The minimum Gasteiger partial charge on any atom is -0.464 e. The maximum atomic E-state index is 11.3. The molecule has 1 aromatic heterocycles. The van der Waals surface area contributed by atoms with Crippen molar-refractivity contribution in [1.82, 2.24) is 4.98 Å². The minimum atomic E-state index is -0.671. The van der Waals surface area contributed by atoms with Gasteiger partial charge in [0.15, 0.2) is 10.8 Å². The molecule has 7 heteroatoms. The first kappa shape index (κ1) is 12.4. The highest BCUT2D eigenvalue weighted by molar-refractivity contribution is 6.46. The van der Waals surface area contributed by atoms with Crippen molar-refractivity contribution in [3.05, 3.63) is 20.9 Å². The van der Waals surface area contributed by atoms with Crippen LogP contribution in [0.4, 0.5) is 5.69 Å². The van der Waals surface area contributed by atoms with Gasteiger partial charge in [-0.05, 0) is 0 Å². The summed E-state index contributed by atoms with van der Waals surface area (Å²) < 4.78 is 4.50. The molecule has 0 saturated carbocycles. The van der Waals surface area contributed by atoms with Gasteiger partial charge in [0.2, 0.25) is 0 Å². The molecule has 0 unspecified atom stereocenters. The molecule has 0 bridgehead atoms. The van der Waals surface area contributed by atoms with E-state index in [1.165, 1.54) is 7.11 Å². The van der Waals surface area contributed by atoms with Gasteiger partial charge in [-0.3, -0.25) is 0 Å². The Hall–Kier alpha value is -0.710. The van der Waals surface area contributed by atoms with Crippen molar-refractivity contribution in [3.63, 3.8) is 0 Å². The molecule has 0 radical (unpaired) electrons. The Kier molecular flexibility index (Phi) is 4.02. The fraction of sp³-hybridized carbons (Fsp3) is 0.250. The van der Waals surface area contributed by atoms with Gasteiger partial charge in [-0.15, -0.1) is 0 Å². The first-order valence-corrected chi connectivity index (χ1v) is 4.96. The average Bonchev–Trinajstić information content (AvgIpc) is 2.23. The van der Waals surface area contributed by atoms with E-state index < -0.39 is 5.97 Å². The smallest absolute Gasteiger partial charge is 0.358 e. The zero-order chi connectivity index (χ0) is 11.6. The summed E-state index contributed by atoms with van der Waals surface area (Å²) in [4.78, 5) is 15.0. The number of nitrogens with zero attached hydrogens (tertiary/aromatic N) is 1. The molecule has 1 rings (SSSR count). The summed E-state index contributed by atoms with van der Waals surface area (Å²) in [6.07, 6.45) is 0. The van der Waals surface area contributed by atoms with Crippen LogP contribution in [0, 0.1) is 0 Å². The lowest BCUT2D eigenvalue weighted by atomic mass is 10.3. The van der Waals surface area contributed by atoms with Crippen molar-refractivity contribution >= 4 is 46.5 Å². The number of hydrogen-bond donors (Lipinski definition) is 1. The summed E-state index contributed by atoms with van der Waals surface area (Å²) in [5.41, 5.74) is 0.275. The van der Waals surface area contributed by atoms with Crippen LogP contribution in [0.2, 0.25) is 15.2 Å². The van der Waals surface area contributed by atoms with E-state index in [1.807, 2.05) is 0 Å². The molecule has 1 aromatic rings. The number of ether oxygens (including phenoxy) is 1. The van der Waals surface area contributed by atoms with Crippen molar-refractivity contribution in [2.75, 3.05) is 19.5 Å². The van der Waals surface area contributed by atoms with E-state index in [0.717, 1.165) is 0 Å². The maximum Gasteiger partial charge on any atom is 0.358 e. The minimum absolute atomic E-state index is 0.00850. The number of nitrogens with one attached hydrogen (secondary N) is 1. The van der Waals surface area contributed by atoms with Gasteiger partial charge in [-0.2, -0.15) is 0 Å². The average molecular weight is 270 g/mol. The van der Waals surface area contributed by atoms with Crippen molar-refractivity contribution < 1.29 is 9.53 Å². The molecule has 1 heterocycles. The van der Waals surface area contributed by atoms with Crippen molar-refractivity contribution in [3.8, 4) is 0 Å².